The van der Waals surface area contributed by atoms with Crippen molar-refractivity contribution in [1.82, 2.24) is 24.6 Å². The van der Waals surface area contributed by atoms with Crippen molar-refractivity contribution in [1.29, 1.82) is 0 Å². The number of hydrogen-bond acceptors (Lipinski definition) is 10. The summed E-state index contributed by atoms with van der Waals surface area (Å²) >= 11 is 0. The Bertz CT molecular complexity index is 1870. The lowest BCUT2D eigenvalue weighted by Gasteiger charge is -2.20. The molecule has 0 aliphatic carbocycles. The molecule has 248 valence electrons. The number of carbonyl (C=O) groups excluding carboxylic acids is 1. The molecule has 12 nitrogen and oxygen atoms in total. The number of benzene rings is 2. The number of aryl methyl sites for hydroxylation is 1. The zero-order valence-corrected chi connectivity index (χ0v) is 26.8. The van der Waals surface area contributed by atoms with Crippen molar-refractivity contribution in [2.24, 2.45) is 0 Å². The lowest BCUT2D eigenvalue weighted by Crippen LogP contribution is -2.18. The maximum atomic E-state index is 14.2. The minimum Gasteiger partial charge on any atom is -0.495 e. The van der Waals surface area contributed by atoms with Gasteiger partial charge in [-0.05, 0) is 48.2 Å². The summed E-state index contributed by atoms with van der Waals surface area (Å²) in [5, 5.41) is 10.2. The Morgan fingerprint density at radius 1 is 1.13 bits per heavy atom. The molecule has 4 aliphatic heterocycles. The normalized spacial score (nSPS) is 18.3. The van der Waals surface area contributed by atoms with Gasteiger partial charge < -0.3 is 29.5 Å². The number of ether oxygens (including phenoxy) is 2. The first-order valence-corrected chi connectivity index (χ1v) is 16.9. The van der Waals surface area contributed by atoms with Crippen molar-refractivity contribution in [3.05, 3.63) is 71.2 Å². The number of methoxy groups -OCH3 is 1. The summed E-state index contributed by atoms with van der Waals surface area (Å²) in [6, 6.07) is 8.32. The van der Waals surface area contributed by atoms with Crippen LogP contribution in [0.2, 0.25) is 0 Å². The topological polar surface area (TPSA) is 133 Å². The van der Waals surface area contributed by atoms with Gasteiger partial charge in [-0.15, -0.1) is 0 Å². The van der Waals surface area contributed by atoms with Gasteiger partial charge in [0.15, 0.2) is 0 Å². The van der Waals surface area contributed by atoms with Crippen LogP contribution in [0.4, 0.5) is 36.3 Å². The molecule has 0 spiro atoms. The third kappa shape index (κ3) is 6.83. The van der Waals surface area contributed by atoms with Crippen molar-refractivity contribution in [2.75, 3.05) is 44.4 Å². The molecule has 0 unspecified atom stereocenters. The monoisotopic (exact) mass is 671 g/mol. The fraction of sp³-hybridized carbons (Fsp3) is 0.355. The number of rotatable bonds is 4. The quantitative estimate of drug-likeness (QED) is 0.228. The molecule has 1 atom stereocenters. The van der Waals surface area contributed by atoms with Gasteiger partial charge in [0.05, 0.1) is 43.0 Å². The number of fused-ring (bicyclic) bond motifs is 1. The van der Waals surface area contributed by atoms with Crippen LogP contribution in [-0.4, -0.2) is 64.3 Å². The van der Waals surface area contributed by atoms with Crippen LogP contribution in [0, 0.1) is 0 Å². The largest absolute Gasteiger partial charge is 0.495 e. The number of nitrogens with zero attached hydrogens (tertiary/aromatic N) is 5. The molecule has 0 radical (unpaired) electrons. The van der Waals surface area contributed by atoms with Crippen LogP contribution in [0.1, 0.15) is 40.4 Å². The minimum atomic E-state index is -4.79. The Balaban J connectivity index is 1.46. The van der Waals surface area contributed by atoms with Crippen LogP contribution in [0.15, 0.2) is 48.9 Å². The van der Waals surface area contributed by atoms with Gasteiger partial charge in [0, 0.05) is 44.7 Å². The number of alkyl halides is 3. The second-order valence-corrected chi connectivity index (χ2v) is 13.6. The number of amides is 1. The van der Waals surface area contributed by atoms with E-state index in [0.29, 0.717) is 48.3 Å². The van der Waals surface area contributed by atoms with E-state index in [0.717, 1.165) is 11.1 Å². The summed E-state index contributed by atoms with van der Waals surface area (Å²) < 4.78 is 75.1. The average Bonchev–Trinajstić information content (AvgIpc) is 3.62. The van der Waals surface area contributed by atoms with Gasteiger partial charge in [0.25, 0.3) is 5.91 Å². The summed E-state index contributed by atoms with van der Waals surface area (Å²) in [6.07, 6.45) is -0.0884. The Labute approximate surface area is 268 Å². The van der Waals surface area contributed by atoms with Crippen LogP contribution in [0.3, 0.4) is 0 Å². The van der Waals surface area contributed by atoms with E-state index in [-0.39, 0.29) is 48.8 Å². The lowest BCUT2D eigenvalue weighted by molar-refractivity contribution is -0.137. The highest BCUT2D eigenvalue weighted by atomic mass is 31.2. The van der Waals surface area contributed by atoms with Gasteiger partial charge in [-0.1, -0.05) is 12.1 Å². The van der Waals surface area contributed by atoms with Crippen LogP contribution in [0.5, 0.6) is 5.75 Å². The first-order chi connectivity index (χ1) is 22.5. The number of halogens is 3. The molecule has 2 N–H and O–H groups in total. The number of hydrogen-bond donors (Lipinski definition) is 2. The Hall–Kier alpha value is -4.46. The highest BCUT2D eigenvalue weighted by molar-refractivity contribution is 7.57. The lowest BCUT2D eigenvalue weighted by atomic mass is 9.97. The number of carbonyl (C=O) groups is 1. The number of aromatic nitrogens is 4. The molecule has 8 rings (SSSR count). The van der Waals surface area contributed by atoms with Gasteiger partial charge in [-0.25, -0.2) is 4.98 Å². The van der Waals surface area contributed by atoms with E-state index >= 15 is 0 Å². The van der Waals surface area contributed by atoms with E-state index in [9.17, 15) is 22.5 Å². The molecular weight excluding hydrogens is 638 g/mol. The fourth-order valence-electron chi connectivity index (χ4n) is 5.58. The first-order valence-electron chi connectivity index (χ1n) is 14.9. The molecule has 8 bridgehead atoms. The third-order valence-electron chi connectivity index (χ3n) is 7.85. The van der Waals surface area contributed by atoms with Gasteiger partial charge in [-0.2, -0.15) is 23.3 Å². The maximum Gasteiger partial charge on any atom is 0.421 e. The summed E-state index contributed by atoms with van der Waals surface area (Å²) in [5.41, 5.74) is 2.45. The molecule has 2 aromatic heterocycles. The van der Waals surface area contributed by atoms with Gasteiger partial charge in [0.2, 0.25) is 13.3 Å². The van der Waals surface area contributed by atoms with Crippen molar-refractivity contribution >= 4 is 36.4 Å². The van der Waals surface area contributed by atoms with Crippen molar-refractivity contribution in [3.63, 3.8) is 0 Å². The molecule has 0 saturated heterocycles. The Kier molecular flexibility index (Phi) is 8.97. The van der Waals surface area contributed by atoms with Gasteiger partial charge in [0.1, 0.15) is 23.5 Å². The van der Waals surface area contributed by atoms with Crippen LogP contribution < -0.4 is 15.4 Å². The molecule has 0 saturated carbocycles. The Morgan fingerprint density at radius 3 is 2.70 bits per heavy atom. The summed E-state index contributed by atoms with van der Waals surface area (Å²) in [7, 11) is -0.218. The van der Waals surface area contributed by atoms with E-state index in [1.54, 1.807) is 48.3 Å². The van der Waals surface area contributed by atoms with Crippen molar-refractivity contribution in [3.8, 4) is 16.9 Å². The molecule has 2 aromatic carbocycles. The van der Waals surface area contributed by atoms with Gasteiger partial charge in [-0.3, -0.25) is 14.0 Å². The molecule has 47 heavy (non-hydrogen) atoms. The molecule has 6 heterocycles. The average molecular weight is 672 g/mol. The van der Waals surface area contributed by atoms with E-state index in [4.69, 9.17) is 14.0 Å². The molecule has 4 aliphatic rings. The van der Waals surface area contributed by atoms with Crippen molar-refractivity contribution < 1.29 is 36.5 Å². The SMILES string of the molecule is CCOC[P@]1(=O)Cc2ccc(c(OC)c2)Nc2ncc(C(F)(F)F)c(n2)Nc2ccc(c3c2C(=O)N(C)C3)-c2cnn(c2)CCCO1. The van der Waals surface area contributed by atoms with Crippen LogP contribution >= 0.6 is 7.37 Å². The highest BCUT2D eigenvalue weighted by Gasteiger charge is 2.37. The molecular formula is C31H33F3N7O5P. The van der Waals surface area contributed by atoms with E-state index in [2.05, 4.69) is 25.7 Å². The maximum absolute atomic E-state index is 14.2. The molecule has 0 fully saturated rings. The molecule has 4 aromatic rings. The van der Waals surface area contributed by atoms with E-state index < -0.39 is 24.9 Å². The second-order valence-electron chi connectivity index (χ2n) is 11.2. The smallest absolute Gasteiger partial charge is 0.421 e. The predicted molar refractivity (Wildman–Crippen MR) is 168 cm³/mol. The fourth-order valence-corrected chi connectivity index (χ4v) is 7.51. The van der Waals surface area contributed by atoms with Crippen LogP contribution in [-0.2, 0) is 39.3 Å². The summed E-state index contributed by atoms with van der Waals surface area (Å²) in [4.78, 5) is 22.9. The second kappa shape index (κ2) is 13.0. The Morgan fingerprint density at radius 2 is 1.94 bits per heavy atom. The highest BCUT2D eigenvalue weighted by Crippen LogP contribution is 2.51. The van der Waals surface area contributed by atoms with Crippen LogP contribution in [0.25, 0.3) is 11.1 Å². The number of anilines is 4. The van der Waals surface area contributed by atoms with Crippen molar-refractivity contribution in [2.45, 2.75) is 38.8 Å². The predicted octanol–water partition coefficient (Wildman–Crippen LogP) is 6.63. The third-order valence-corrected chi connectivity index (χ3v) is 9.92. The van der Waals surface area contributed by atoms with E-state index in [1.165, 1.54) is 12.0 Å². The van der Waals surface area contributed by atoms with Gasteiger partial charge >= 0.3 is 6.18 Å². The summed E-state index contributed by atoms with van der Waals surface area (Å²) in [5.74, 6) is -0.706. The number of nitrogens with one attached hydrogen (secondary N) is 2. The standard InChI is InChI=1S/C31H33F3N7O5P/c1-4-45-18-47(43)17-19-6-8-24(26(12-19)44-3)38-30-35-14-23(31(32,33)34)28(39-30)37-25-9-7-21(22-16-40(2)29(42)27(22)25)20-13-36-41(15-20)10-5-11-46-47/h6-9,12-15H,4-5,10-11,16-18H2,1-3H3,(H2,35,37,38,39)/t47-/m0/s1. The zero-order chi connectivity index (χ0) is 33.3. The molecule has 16 heteroatoms. The minimum absolute atomic E-state index is 0.0683. The molecule has 1 amide bonds. The first kappa shape index (κ1) is 32.5. The van der Waals surface area contributed by atoms with E-state index in [1.807, 2.05) is 13.1 Å². The summed E-state index contributed by atoms with van der Waals surface area (Å²) in [6.45, 7) is 3.11. The zero-order valence-electron chi connectivity index (χ0n) is 25.9.